The predicted octanol–water partition coefficient (Wildman–Crippen LogP) is 2.22. The van der Waals surface area contributed by atoms with Gasteiger partial charge in [-0.15, -0.1) is 0 Å². The number of amides is 2. The Kier molecular flexibility index (Phi) is 5.37. The van der Waals surface area contributed by atoms with Gasteiger partial charge >= 0.3 is 0 Å². The molecule has 25 heavy (non-hydrogen) atoms. The van der Waals surface area contributed by atoms with E-state index in [0.29, 0.717) is 12.0 Å². The molecule has 3 unspecified atom stereocenters. The molecule has 0 bridgehead atoms. The van der Waals surface area contributed by atoms with Crippen LogP contribution in [-0.4, -0.2) is 46.8 Å². The minimum absolute atomic E-state index is 0.126. The van der Waals surface area contributed by atoms with Gasteiger partial charge in [0.05, 0.1) is 0 Å². The second-order valence-electron chi connectivity index (χ2n) is 6.95. The number of carbonyl (C=O) groups excluding carboxylic acids is 2. The normalized spacial score (nSPS) is 25.3. The highest BCUT2D eigenvalue weighted by Gasteiger charge is 2.43. The number of primary amides is 1. The zero-order valence-corrected chi connectivity index (χ0v) is 14.7. The molecule has 1 aromatic carbocycles. The van der Waals surface area contributed by atoms with Crippen LogP contribution in [0.1, 0.15) is 50.6 Å². The Morgan fingerprint density at radius 3 is 2.44 bits per heavy atom. The Labute approximate surface area is 148 Å². The molecule has 2 N–H and O–H groups in total. The second-order valence-corrected chi connectivity index (χ2v) is 6.95. The number of halogens is 1. The van der Waals surface area contributed by atoms with Crippen LogP contribution in [0.4, 0.5) is 4.39 Å². The van der Waals surface area contributed by atoms with Crippen molar-refractivity contribution in [3.8, 4) is 0 Å². The van der Waals surface area contributed by atoms with E-state index in [0.717, 1.165) is 38.8 Å². The molecular formula is C19H26FN3O2. The van der Waals surface area contributed by atoms with Crippen LogP contribution in [0, 0.1) is 5.82 Å². The van der Waals surface area contributed by atoms with E-state index in [1.165, 1.54) is 12.1 Å². The van der Waals surface area contributed by atoms with E-state index >= 15 is 0 Å². The van der Waals surface area contributed by atoms with Crippen molar-refractivity contribution in [2.24, 2.45) is 5.73 Å². The molecule has 2 aliphatic heterocycles. The number of hydrogen-bond donors (Lipinski definition) is 1. The van der Waals surface area contributed by atoms with Crippen LogP contribution in [0.2, 0.25) is 0 Å². The highest BCUT2D eigenvalue weighted by molar-refractivity contribution is 5.81. The molecular weight excluding hydrogens is 321 g/mol. The van der Waals surface area contributed by atoms with Gasteiger partial charge in [0, 0.05) is 25.0 Å². The number of hydrogen-bond acceptors (Lipinski definition) is 3. The summed E-state index contributed by atoms with van der Waals surface area (Å²) in [5.74, 6) is -0.586. The fraction of sp³-hybridized carbons (Fsp3) is 0.579. The van der Waals surface area contributed by atoms with Crippen molar-refractivity contribution in [1.29, 1.82) is 0 Å². The Hall–Kier alpha value is -1.95. The SMILES string of the molecule is CCC(=O)N1CCCC1C1CCCN1C(C(N)=O)c1ccc(F)cc1. The fourth-order valence-corrected chi connectivity index (χ4v) is 4.42. The molecule has 5 nitrogen and oxygen atoms in total. The van der Waals surface area contributed by atoms with E-state index in [4.69, 9.17) is 5.73 Å². The van der Waals surface area contributed by atoms with E-state index in [1.54, 1.807) is 12.1 Å². The highest BCUT2D eigenvalue weighted by Crippen LogP contribution is 2.36. The molecule has 0 radical (unpaired) electrons. The summed E-state index contributed by atoms with van der Waals surface area (Å²) in [5.41, 5.74) is 6.43. The Balaban J connectivity index is 1.87. The van der Waals surface area contributed by atoms with Crippen LogP contribution < -0.4 is 5.73 Å². The molecule has 1 aromatic rings. The van der Waals surface area contributed by atoms with Gasteiger partial charge in [0.25, 0.3) is 0 Å². The lowest BCUT2D eigenvalue weighted by Gasteiger charge is -2.38. The number of nitrogens with two attached hydrogens (primary N) is 1. The van der Waals surface area contributed by atoms with Gasteiger partial charge in [0.1, 0.15) is 11.9 Å². The van der Waals surface area contributed by atoms with Crippen LogP contribution in [0.25, 0.3) is 0 Å². The van der Waals surface area contributed by atoms with Gasteiger partial charge in [-0.2, -0.15) is 0 Å². The Morgan fingerprint density at radius 2 is 1.80 bits per heavy atom. The lowest BCUT2D eigenvalue weighted by Crippen LogP contribution is -2.51. The van der Waals surface area contributed by atoms with Gasteiger partial charge in [-0.25, -0.2) is 4.39 Å². The van der Waals surface area contributed by atoms with Crippen molar-refractivity contribution in [3.63, 3.8) is 0 Å². The molecule has 2 aliphatic rings. The monoisotopic (exact) mass is 347 g/mol. The van der Waals surface area contributed by atoms with Crippen LogP contribution in [0.5, 0.6) is 0 Å². The second kappa shape index (κ2) is 7.52. The first kappa shape index (κ1) is 17.9. The largest absolute Gasteiger partial charge is 0.368 e. The third-order valence-corrected chi connectivity index (χ3v) is 5.50. The maximum atomic E-state index is 13.3. The van der Waals surface area contributed by atoms with Crippen molar-refractivity contribution in [1.82, 2.24) is 9.80 Å². The molecule has 2 fully saturated rings. The molecule has 2 heterocycles. The molecule has 0 saturated carbocycles. The molecule has 0 spiro atoms. The van der Waals surface area contributed by atoms with Gasteiger partial charge in [0.2, 0.25) is 11.8 Å². The predicted molar refractivity (Wildman–Crippen MR) is 93.1 cm³/mol. The van der Waals surface area contributed by atoms with Crippen molar-refractivity contribution in [2.75, 3.05) is 13.1 Å². The number of nitrogens with zero attached hydrogens (tertiary/aromatic N) is 2. The maximum absolute atomic E-state index is 13.3. The van der Waals surface area contributed by atoms with Gasteiger partial charge in [-0.1, -0.05) is 19.1 Å². The van der Waals surface area contributed by atoms with E-state index < -0.39 is 11.9 Å². The van der Waals surface area contributed by atoms with Gasteiger partial charge < -0.3 is 10.6 Å². The van der Waals surface area contributed by atoms with E-state index in [2.05, 4.69) is 4.90 Å². The Bertz CT molecular complexity index is 634. The summed E-state index contributed by atoms with van der Waals surface area (Å²) in [6, 6.07) is 5.66. The van der Waals surface area contributed by atoms with Crippen molar-refractivity contribution in [3.05, 3.63) is 35.6 Å². The third kappa shape index (κ3) is 3.54. The zero-order valence-electron chi connectivity index (χ0n) is 14.7. The number of rotatable bonds is 5. The molecule has 0 aromatic heterocycles. The summed E-state index contributed by atoms with van der Waals surface area (Å²) in [6.45, 7) is 3.44. The smallest absolute Gasteiger partial charge is 0.239 e. The van der Waals surface area contributed by atoms with Crippen molar-refractivity contribution in [2.45, 2.75) is 57.2 Å². The van der Waals surface area contributed by atoms with Gasteiger partial charge in [-0.05, 0) is 49.9 Å². The molecule has 6 heteroatoms. The first-order valence-electron chi connectivity index (χ1n) is 9.13. The van der Waals surface area contributed by atoms with Crippen LogP contribution in [0.3, 0.4) is 0 Å². The minimum Gasteiger partial charge on any atom is -0.368 e. The molecule has 2 saturated heterocycles. The summed E-state index contributed by atoms with van der Waals surface area (Å²) in [4.78, 5) is 28.6. The first-order valence-corrected chi connectivity index (χ1v) is 9.13. The van der Waals surface area contributed by atoms with Crippen LogP contribution in [-0.2, 0) is 9.59 Å². The van der Waals surface area contributed by atoms with Crippen LogP contribution >= 0.6 is 0 Å². The summed E-state index contributed by atoms with van der Waals surface area (Å²) in [5, 5.41) is 0. The standard InChI is InChI=1S/C19H26FN3O2/c1-2-17(24)22-11-3-5-15(22)16-6-4-12-23(16)18(19(21)25)13-7-9-14(20)10-8-13/h7-10,15-16,18H,2-6,11-12H2,1H3,(H2,21,25). The van der Waals surface area contributed by atoms with Crippen LogP contribution in [0.15, 0.2) is 24.3 Å². The molecule has 136 valence electrons. The summed E-state index contributed by atoms with van der Waals surface area (Å²) in [6.07, 6.45) is 4.38. The van der Waals surface area contributed by atoms with Crippen molar-refractivity contribution >= 4 is 11.8 Å². The molecule has 0 aliphatic carbocycles. The highest BCUT2D eigenvalue weighted by atomic mass is 19.1. The van der Waals surface area contributed by atoms with E-state index in [-0.39, 0.29) is 23.8 Å². The third-order valence-electron chi connectivity index (χ3n) is 5.50. The quantitative estimate of drug-likeness (QED) is 0.888. The summed E-state index contributed by atoms with van der Waals surface area (Å²) < 4.78 is 13.3. The van der Waals surface area contributed by atoms with Crippen molar-refractivity contribution < 1.29 is 14.0 Å². The molecule has 2 amide bonds. The maximum Gasteiger partial charge on any atom is 0.239 e. The van der Waals surface area contributed by atoms with E-state index in [9.17, 15) is 14.0 Å². The molecule has 3 atom stereocenters. The average molecular weight is 347 g/mol. The number of benzene rings is 1. The summed E-state index contributed by atoms with van der Waals surface area (Å²) >= 11 is 0. The lowest BCUT2D eigenvalue weighted by molar-refractivity contribution is -0.133. The number of carbonyl (C=O) groups is 2. The number of likely N-dealkylation sites (tertiary alicyclic amines) is 2. The average Bonchev–Trinajstić information content (AvgIpc) is 3.24. The fourth-order valence-electron chi connectivity index (χ4n) is 4.42. The Morgan fingerprint density at radius 1 is 1.16 bits per heavy atom. The zero-order chi connectivity index (χ0) is 18.0. The topological polar surface area (TPSA) is 66.6 Å². The van der Waals surface area contributed by atoms with E-state index in [1.807, 2.05) is 11.8 Å². The lowest BCUT2D eigenvalue weighted by atomic mass is 9.98. The summed E-state index contributed by atoms with van der Waals surface area (Å²) in [7, 11) is 0. The van der Waals surface area contributed by atoms with Gasteiger partial charge in [-0.3, -0.25) is 14.5 Å². The first-order chi connectivity index (χ1) is 12.0. The minimum atomic E-state index is -0.577. The van der Waals surface area contributed by atoms with Gasteiger partial charge in [0.15, 0.2) is 0 Å². The molecule has 3 rings (SSSR count).